The number of halogens is 1. The Labute approximate surface area is 118 Å². The van der Waals surface area contributed by atoms with Crippen molar-refractivity contribution in [3.63, 3.8) is 0 Å². The van der Waals surface area contributed by atoms with Gasteiger partial charge in [-0.1, -0.05) is 27.7 Å². The normalized spacial score (nSPS) is 12.0. The Balaban J connectivity index is 2.42. The van der Waals surface area contributed by atoms with E-state index in [0.29, 0.717) is 6.04 Å². The Kier molecular flexibility index (Phi) is 6.75. The van der Waals surface area contributed by atoms with Crippen molar-refractivity contribution in [2.75, 3.05) is 0 Å². The predicted octanol–water partition coefficient (Wildman–Crippen LogP) is 5.06. The molecule has 0 aliphatic carbocycles. The van der Waals surface area contributed by atoms with Gasteiger partial charge in [0, 0.05) is 17.5 Å². The second-order valence-electron chi connectivity index (χ2n) is 5.54. The van der Waals surface area contributed by atoms with Gasteiger partial charge in [0.05, 0.1) is 3.79 Å². The van der Waals surface area contributed by atoms with Crippen molar-refractivity contribution in [3.8, 4) is 0 Å². The zero-order valence-electron chi connectivity index (χ0n) is 11.3. The molecule has 1 N–H and O–H groups in total. The Morgan fingerprint density at radius 3 is 2.12 bits per heavy atom. The minimum absolute atomic E-state index is 0.649. The first kappa shape index (κ1) is 15.2. The van der Waals surface area contributed by atoms with Crippen molar-refractivity contribution in [3.05, 3.63) is 20.8 Å². The van der Waals surface area contributed by atoms with E-state index in [2.05, 4.69) is 61.1 Å². The van der Waals surface area contributed by atoms with Crippen LogP contribution in [0.3, 0.4) is 0 Å². The molecule has 0 amide bonds. The number of hydrogen-bond acceptors (Lipinski definition) is 2. The molecule has 1 nitrogen and oxygen atoms in total. The topological polar surface area (TPSA) is 12.0 Å². The third-order valence-electron chi connectivity index (χ3n) is 2.71. The summed E-state index contributed by atoms with van der Waals surface area (Å²) in [6.45, 7) is 10.2. The Morgan fingerprint density at radius 1 is 1.12 bits per heavy atom. The molecule has 0 aliphatic rings. The van der Waals surface area contributed by atoms with Gasteiger partial charge < -0.3 is 5.32 Å². The molecule has 1 aromatic rings. The van der Waals surface area contributed by atoms with E-state index < -0.39 is 0 Å². The van der Waals surface area contributed by atoms with Crippen molar-refractivity contribution in [2.24, 2.45) is 11.8 Å². The summed E-state index contributed by atoms with van der Waals surface area (Å²) in [5.41, 5.74) is 0. The molecule has 0 atom stereocenters. The summed E-state index contributed by atoms with van der Waals surface area (Å²) in [5.74, 6) is 1.53. The maximum Gasteiger partial charge on any atom is 0.0701 e. The van der Waals surface area contributed by atoms with Crippen LogP contribution in [-0.4, -0.2) is 6.04 Å². The van der Waals surface area contributed by atoms with E-state index in [0.717, 1.165) is 18.4 Å². The predicted molar refractivity (Wildman–Crippen MR) is 81.6 cm³/mol. The van der Waals surface area contributed by atoms with E-state index in [1.54, 1.807) is 0 Å². The van der Waals surface area contributed by atoms with Crippen molar-refractivity contribution in [2.45, 2.75) is 53.1 Å². The lowest BCUT2D eigenvalue weighted by Crippen LogP contribution is -2.31. The Hall–Kier alpha value is 0.140. The standard InChI is InChI=1S/C14H24BrNS/c1-10(2)7-12(8-11(3)4)16-9-13-5-6-14(15)17-13/h5-6,10-12,16H,7-9H2,1-4H3. The van der Waals surface area contributed by atoms with Gasteiger partial charge in [0.25, 0.3) is 0 Å². The maximum absolute atomic E-state index is 3.70. The van der Waals surface area contributed by atoms with E-state index >= 15 is 0 Å². The van der Waals surface area contributed by atoms with E-state index in [4.69, 9.17) is 0 Å². The molecule has 0 fully saturated rings. The third kappa shape index (κ3) is 6.58. The minimum Gasteiger partial charge on any atom is -0.309 e. The van der Waals surface area contributed by atoms with Crippen LogP contribution in [0.5, 0.6) is 0 Å². The zero-order valence-corrected chi connectivity index (χ0v) is 13.7. The van der Waals surface area contributed by atoms with Crippen LogP contribution in [0.4, 0.5) is 0 Å². The van der Waals surface area contributed by atoms with Crippen molar-refractivity contribution in [1.29, 1.82) is 0 Å². The van der Waals surface area contributed by atoms with Crippen molar-refractivity contribution < 1.29 is 0 Å². The number of nitrogens with one attached hydrogen (secondary N) is 1. The molecule has 3 heteroatoms. The average Bonchev–Trinajstić information content (AvgIpc) is 2.59. The molecule has 1 heterocycles. The Bertz CT molecular complexity index is 310. The molecule has 0 aliphatic heterocycles. The van der Waals surface area contributed by atoms with Crippen molar-refractivity contribution >= 4 is 27.3 Å². The fraction of sp³-hybridized carbons (Fsp3) is 0.714. The molecule has 0 saturated carbocycles. The molecule has 0 aromatic carbocycles. The first-order valence-corrected chi connectivity index (χ1v) is 8.06. The number of hydrogen-bond donors (Lipinski definition) is 1. The molecule has 0 spiro atoms. The maximum atomic E-state index is 3.70. The Morgan fingerprint density at radius 2 is 1.71 bits per heavy atom. The summed E-state index contributed by atoms with van der Waals surface area (Å²) < 4.78 is 1.22. The molecule has 0 saturated heterocycles. The highest BCUT2D eigenvalue weighted by atomic mass is 79.9. The van der Waals surface area contributed by atoms with Crippen LogP contribution in [0.1, 0.15) is 45.4 Å². The largest absolute Gasteiger partial charge is 0.309 e. The van der Waals surface area contributed by atoms with Crippen LogP contribution >= 0.6 is 27.3 Å². The molecule has 0 radical (unpaired) electrons. The molecular weight excluding hydrogens is 294 g/mol. The quantitative estimate of drug-likeness (QED) is 0.741. The van der Waals surface area contributed by atoms with Crippen LogP contribution in [0.25, 0.3) is 0 Å². The first-order chi connectivity index (χ1) is 7.97. The van der Waals surface area contributed by atoms with E-state index in [1.807, 2.05) is 11.3 Å². The lowest BCUT2D eigenvalue weighted by Gasteiger charge is -2.22. The van der Waals surface area contributed by atoms with Gasteiger partial charge in [-0.05, 0) is 52.7 Å². The van der Waals surface area contributed by atoms with Crippen LogP contribution in [0.15, 0.2) is 15.9 Å². The van der Waals surface area contributed by atoms with Gasteiger partial charge in [-0.2, -0.15) is 0 Å². The molecule has 0 bridgehead atoms. The highest BCUT2D eigenvalue weighted by molar-refractivity contribution is 9.11. The van der Waals surface area contributed by atoms with E-state index in [1.165, 1.54) is 21.5 Å². The van der Waals surface area contributed by atoms with E-state index in [9.17, 15) is 0 Å². The average molecular weight is 318 g/mol. The van der Waals surface area contributed by atoms with Gasteiger partial charge in [0.2, 0.25) is 0 Å². The molecule has 1 aromatic heterocycles. The molecular formula is C14H24BrNS. The summed E-state index contributed by atoms with van der Waals surface area (Å²) in [5, 5.41) is 3.70. The summed E-state index contributed by atoms with van der Waals surface area (Å²) in [7, 11) is 0. The molecule has 0 unspecified atom stereocenters. The van der Waals surface area contributed by atoms with Gasteiger partial charge in [-0.25, -0.2) is 0 Å². The zero-order chi connectivity index (χ0) is 12.8. The van der Waals surface area contributed by atoms with Gasteiger partial charge in [-0.15, -0.1) is 11.3 Å². The molecule has 17 heavy (non-hydrogen) atoms. The third-order valence-corrected chi connectivity index (χ3v) is 4.33. The minimum atomic E-state index is 0.649. The van der Waals surface area contributed by atoms with Gasteiger partial charge in [0.1, 0.15) is 0 Å². The summed E-state index contributed by atoms with van der Waals surface area (Å²) >= 11 is 5.33. The smallest absolute Gasteiger partial charge is 0.0701 e. The highest BCUT2D eigenvalue weighted by Crippen LogP contribution is 2.22. The second-order valence-corrected chi connectivity index (χ2v) is 8.09. The summed E-state index contributed by atoms with van der Waals surface area (Å²) in [6, 6.07) is 4.97. The summed E-state index contributed by atoms with van der Waals surface area (Å²) in [4.78, 5) is 1.41. The lowest BCUT2D eigenvalue weighted by atomic mass is 9.95. The van der Waals surface area contributed by atoms with Crippen LogP contribution in [0.2, 0.25) is 0 Å². The monoisotopic (exact) mass is 317 g/mol. The van der Waals surface area contributed by atoms with Gasteiger partial charge in [0.15, 0.2) is 0 Å². The fourth-order valence-electron chi connectivity index (χ4n) is 2.09. The molecule has 98 valence electrons. The molecule has 1 rings (SSSR count). The van der Waals surface area contributed by atoms with Gasteiger partial charge >= 0.3 is 0 Å². The highest BCUT2D eigenvalue weighted by Gasteiger charge is 2.12. The SMILES string of the molecule is CC(C)CC(CC(C)C)NCc1ccc(Br)s1. The van der Waals surface area contributed by atoms with Gasteiger partial charge in [-0.3, -0.25) is 0 Å². The summed E-state index contributed by atoms with van der Waals surface area (Å²) in [6.07, 6.45) is 2.54. The lowest BCUT2D eigenvalue weighted by molar-refractivity contribution is 0.359. The van der Waals surface area contributed by atoms with Crippen molar-refractivity contribution in [1.82, 2.24) is 5.32 Å². The van der Waals surface area contributed by atoms with E-state index in [-0.39, 0.29) is 0 Å². The fourth-order valence-corrected chi connectivity index (χ4v) is 3.53. The number of rotatable bonds is 7. The first-order valence-electron chi connectivity index (χ1n) is 6.45. The van der Waals surface area contributed by atoms with Crippen LogP contribution in [-0.2, 0) is 6.54 Å². The second kappa shape index (κ2) is 7.55. The van der Waals surface area contributed by atoms with Crippen LogP contribution < -0.4 is 5.32 Å². The van der Waals surface area contributed by atoms with Crippen LogP contribution in [0, 0.1) is 11.8 Å². The number of thiophene rings is 1.